The highest BCUT2D eigenvalue weighted by molar-refractivity contribution is 7.98. The Morgan fingerprint density at radius 1 is 1.09 bits per heavy atom. The molecule has 0 fully saturated rings. The van der Waals surface area contributed by atoms with Gasteiger partial charge in [0.05, 0.1) is 0 Å². The molecular formula is C25H30N2O5S. The molecule has 33 heavy (non-hydrogen) atoms. The van der Waals surface area contributed by atoms with Gasteiger partial charge in [0.15, 0.2) is 0 Å². The summed E-state index contributed by atoms with van der Waals surface area (Å²) in [5, 5.41) is 11.8. The number of carbonyl (C=O) groups excluding carboxylic acids is 2. The van der Waals surface area contributed by atoms with Crippen LogP contribution in [-0.4, -0.2) is 65.7 Å². The van der Waals surface area contributed by atoms with E-state index in [-0.39, 0.29) is 12.5 Å². The summed E-state index contributed by atoms with van der Waals surface area (Å²) in [6.07, 6.45) is 2.27. The monoisotopic (exact) mass is 470 g/mol. The molecule has 1 aliphatic rings. The van der Waals surface area contributed by atoms with Crippen LogP contribution < -0.4 is 5.32 Å². The molecule has 0 bridgehead atoms. The highest BCUT2D eigenvalue weighted by atomic mass is 32.2. The SMILES string of the molecule is CCC[C@H](NC(=O)OCC1c2ccccc2-c2ccccc21)C(=O)N(CCSC)CC(=O)O. The van der Waals surface area contributed by atoms with E-state index in [9.17, 15) is 19.5 Å². The first-order valence-electron chi connectivity index (χ1n) is 11.1. The lowest BCUT2D eigenvalue weighted by atomic mass is 9.98. The molecule has 0 unspecified atom stereocenters. The van der Waals surface area contributed by atoms with Crippen molar-refractivity contribution < 1.29 is 24.2 Å². The topological polar surface area (TPSA) is 95.9 Å². The van der Waals surface area contributed by atoms with Gasteiger partial charge in [-0.25, -0.2) is 4.79 Å². The molecule has 0 saturated heterocycles. The van der Waals surface area contributed by atoms with Gasteiger partial charge in [-0.1, -0.05) is 61.9 Å². The molecule has 2 aromatic rings. The number of hydrogen-bond acceptors (Lipinski definition) is 5. The van der Waals surface area contributed by atoms with E-state index >= 15 is 0 Å². The minimum absolute atomic E-state index is 0.0754. The Morgan fingerprint density at radius 3 is 2.24 bits per heavy atom. The maximum absolute atomic E-state index is 13.0. The van der Waals surface area contributed by atoms with Crippen LogP contribution in [0.4, 0.5) is 4.79 Å². The largest absolute Gasteiger partial charge is 0.480 e. The Kier molecular flexibility index (Phi) is 8.77. The number of carbonyl (C=O) groups is 3. The molecule has 0 saturated carbocycles. The molecule has 0 aromatic heterocycles. The highest BCUT2D eigenvalue weighted by Gasteiger charge is 2.30. The molecule has 2 aromatic carbocycles. The van der Waals surface area contributed by atoms with Gasteiger partial charge in [0.2, 0.25) is 5.91 Å². The van der Waals surface area contributed by atoms with Gasteiger partial charge in [-0.2, -0.15) is 11.8 Å². The minimum atomic E-state index is -1.08. The molecule has 3 rings (SSSR count). The number of thioether (sulfide) groups is 1. The van der Waals surface area contributed by atoms with Crippen molar-refractivity contribution in [3.8, 4) is 11.1 Å². The maximum Gasteiger partial charge on any atom is 0.407 e. The lowest BCUT2D eigenvalue weighted by Gasteiger charge is -2.26. The first-order chi connectivity index (χ1) is 16.0. The molecule has 1 aliphatic carbocycles. The fourth-order valence-electron chi connectivity index (χ4n) is 4.18. The van der Waals surface area contributed by atoms with E-state index < -0.39 is 30.6 Å². The van der Waals surface area contributed by atoms with Crippen LogP contribution in [-0.2, 0) is 14.3 Å². The Hall–Kier alpha value is -3.00. The molecule has 0 aliphatic heterocycles. The molecule has 0 radical (unpaired) electrons. The van der Waals surface area contributed by atoms with Crippen LogP contribution in [0.5, 0.6) is 0 Å². The summed E-state index contributed by atoms with van der Waals surface area (Å²) in [6, 6.07) is 15.3. The van der Waals surface area contributed by atoms with E-state index in [0.29, 0.717) is 25.1 Å². The number of rotatable bonds is 11. The summed E-state index contributed by atoms with van der Waals surface area (Å²) in [4.78, 5) is 38.1. The van der Waals surface area contributed by atoms with Crippen molar-refractivity contribution in [2.24, 2.45) is 0 Å². The molecule has 1 atom stereocenters. The highest BCUT2D eigenvalue weighted by Crippen LogP contribution is 2.44. The molecular weight excluding hydrogens is 440 g/mol. The van der Waals surface area contributed by atoms with E-state index in [1.807, 2.05) is 49.6 Å². The Bertz CT molecular complexity index is 951. The predicted molar refractivity (Wildman–Crippen MR) is 129 cm³/mol. The number of nitrogens with zero attached hydrogens (tertiary/aromatic N) is 1. The number of hydrogen-bond donors (Lipinski definition) is 2. The molecule has 8 heteroatoms. The van der Waals surface area contributed by atoms with E-state index in [2.05, 4.69) is 17.4 Å². The van der Waals surface area contributed by atoms with Crippen LogP contribution in [0.3, 0.4) is 0 Å². The van der Waals surface area contributed by atoms with E-state index in [1.165, 1.54) is 16.7 Å². The number of ether oxygens (including phenoxy) is 1. The zero-order chi connectivity index (χ0) is 23.8. The average Bonchev–Trinajstić information content (AvgIpc) is 3.13. The lowest BCUT2D eigenvalue weighted by molar-refractivity contribution is -0.145. The summed E-state index contributed by atoms with van der Waals surface area (Å²) in [7, 11) is 0. The van der Waals surface area contributed by atoms with Crippen LogP contribution in [0.2, 0.25) is 0 Å². The lowest BCUT2D eigenvalue weighted by Crippen LogP contribution is -2.50. The van der Waals surface area contributed by atoms with Crippen molar-refractivity contribution in [3.05, 3.63) is 59.7 Å². The number of carboxylic acids is 1. The van der Waals surface area contributed by atoms with Crippen molar-refractivity contribution in [1.29, 1.82) is 0 Å². The van der Waals surface area contributed by atoms with Crippen LogP contribution in [0.1, 0.15) is 36.8 Å². The molecule has 7 nitrogen and oxygen atoms in total. The van der Waals surface area contributed by atoms with Crippen molar-refractivity contribution in [2.75, 3.05) is 31.7 Å². The summed E-state index contributed by atoms with van der Waals surface area (Å²) in [5.74, 6) is -0.945. The van der Waals surface area contributed by atoms with Crippen LogP contribution in [0.15, 0.2) is 48.5 Å². The maximum atomic E-state index is 13.0. The number of aliphatic carboxylic acids is 1. The second kappa shape index (κ2) is 11.7. The quantitative estimate of drug-likeness (QED) is 0.516. The Labute approximate surface area is 198 Å². The first kappa shape index (κ1) is 24.6. The van der Waals surface area contributed by atoms with Crippen molar-refractivity contribution in [1.82, 2.24) is 10.2 Å². The third-order valence-electron chi connectivity index (χ3n) is 5.71. The van der Waals surface area contributed by atoms with Crippen LogP contribution in [0, 0.1) is 0 Å². The number of fused-ring (bicyclic) bond motifs is 3. The first-order valence-corrected chi connectivity index (χ1v) is 12.5. The second-order valence-corrected chi connectivity index (χ2v) is 8.94. The average molecular weight is 471 g/mol. The second-order valence-electron chi connectivity index (χ2n) is 7.96. The normalized spacial score (nSPS) is 13.0. The number of amides is 2. The summed E-state index contributed by atoms with van der Waals surface area (Å²) >= 11 is 1.53. The molecule has 176 valence electrons. The van der Waals surface area contributed by atoms with Gasteiger partial charge in [-0.15, -0.1) is 0 Å². The van der Waals surface area contributed by atoms with Gasteiger partial charge >= 0.3 is 12.1 Å². The predicted octanol–water partition coefficient (Wildman–Crippen LogP) is 3.97. The molecule has 2 amide bonds. The standard InChI is InChI=1S/C25H30N2O5S/c1-3-8-22(24(30)27(13-14-33-2)15-23(28)29)26-25(31)32-16-21-19-11-6-4-9-17(19)18-10-5-7-12-20(18)21/h4-7,9-12,21-22H,3,8,13-16H2,1-2H3,(H,26,31)(H,28,29)/t22-/m0/s1. The number of nitrogens with one attached hydrogen (secondary N) is 1. The van der Waals surface area contributed by atoms with Gasteiger partial charge in [0.1, 0.15) is 19.2 Å². The zero-order valence-electron chi connectivity index (χ0n) is 19.0. The number of carboxylic acid groups (broad SMARTS) is 1. The summed E-state index contributed by atoms with van der Waals surface area (Å²) in [5.41, 5.74) is 4.49. The zero-order valence-corrected chi connectivity index (χ0v) is 19.8. The van der Waals surface area contributed by atoms with Crippen molar-refractivity contribution in [2.45, 2.75) is 31.7 Å². The molecule has 2 N–H and O–H groups in total. The van der Waals surface area contributed by atoms with Gasteiger partial charge in [-0.3, -0.25) is 9.59 Å². The number of benzene rings is 2. The van der Waals surface area contributed by atoms with Crippen LogP contribution >= 0.6 is 11.8 Å². The van der Waals surface area contributed by atoms with Gasteiger partial charge in [0.25, 0.3) is 0 Å². The Balaban J connectivity index is 1.67. The molecule has 0 spiro atoms. The van der Waals surface area contributed by atoms with Gasteiger partial charge in [0, 0.05) is 18.2 Å². The third kappa shape index (κ3) is 6.07. The van der Waals surface area contributed by atoms with Gasteiger partial charge in [-0.05, 0) is 34.9 Å². The minimum Gasteiger partial charge on any atom is -0.480 e. The fraction of sp³-hybridized carbons (Fsp3) is 0.400. The summed E-state index contributed by atoms with van der Waals surface area (Å²) < 4.78 is 5.57. The molecule has 0 heterocycles. The van der Waals surface area contributed by atoms with E-state index in [1.54, 1.807) is 0 Å². The van der Waals surface area contributed by atoms with E-state index in [4.69, 9.17) is 4.74 Å². The number of alkyl carbamates (subject to hydrolysis) is 1. The van der Waals surface area contributed by atoms with E-state index in [0.717, 1.165) is 22.3 Å². The van der Waals surface area contributed by atoms with Crippen molar-refractivity contribution >= 4 is 29.7 Å². The fourth-order valence-corrected chi connectivity index (χ4v) is 4.58. The van der Waals surface area contributed by atoms with Gasteiger partial charge < -0.3 is 20.1 Å². The van der Waals surface area contributed by atoms with Crippen LogP contribution in [0.25, 0.3) is 11.1 Å². The smallest absolute Gasteiger partial charge is 0.407 e. The van der Waals surface area contributed by atoms with Crippen molar-refractivity contribution in [3.63, 3.8) is 0 Å². The summed E-state index contributed by atoms with van der Waals surface area (Å²) in [6.45, 7) is 1.96. The Morgan fingerprint density at radius 2 is 1.70 bits per heavy atom. The third-order valence-corrected chi connectivity index (χ3v) is 6.31.